The number of benzene rings is 3. The minimum Gasteiger partial charge on any atom is -0.481 e. The number of nitrogens with one attached hydrogen (secondary N) is 3. The monoisotopic (exact) mass is 459 g/mol. The van der Waals surface area contributed by atoms with Gasteiger partial charge in [0, 0.05) is 17.7 Å². The molecule has 3 amide bonds. The van der Waals surface area contributed by atoms with Crippen molar-refractivity contribution in [3.63, 3.8) is 0 Å². The molecule has 1 atom stereocenters. The predicted octanol–water partition coefficient (Wildman–Crippen LogP) is 4.71. The number of hydrogen-bond donors (Lipinski definition) is 3. The van der Waals surface area contributed by atoms with E-state index in [2.05, 4.69) is 16.2 Å². The number of amides is 3. The lowest BCUT2D eigenvalue weighted by molar-refractivity contribution is -0.128. The first kappa shape index (κ1) is 24.5. The molecule has 0 bridgehead atoms. The molecule has 0 aliphatic heterocycles. The van der Waals surface area contributed by atoms with E-state index in [9.17, 15) is 14.4 Å². The van der Waals surface area contributed by atoms with Gasteiger partial charge in [0.15, 0.2) is 6.10 Å². The van der Waals surface area contributed by atoms with E-state index in [1.54, 1.807) is 43.3 Å². The summed E-state index contributed by atoms with van der Waals surface area (Å²) < 4.78 is 5.68. The smallest absolute Gasteiger partial charge is 0.279 e. The van der Waals surface area contributed by atoms with Gasteiger partial charge in [-0.05, 0) is 60.9 Å². The molecule has 176 valence electrons. The molecule has 0 radical (unpaired) electrons. The van der Waals surface area contributed by atoms with Gasteiger partial charge in [-0.1, -0.05) is 55.8 Å². The largest absolute Gasteiger partial charge is 0.481 e. The molecular formula is C27H29N3O4. The second-order valence-electron chi connectivity index (χ2n) is 7.82. The average molecular weight is 460 g/mol. The van der Waals surface area contributed by atoms with E-state index < -0.39 is 17.9 Å². The molecule has 34 heavy (non-hydrogen) atoms. The minimum absolute atomic E-state index is 0.0602. The molecule has 0 fully saturated rings. The Kier molecular flexibility index (Phi) is 8.80. The highest BCUT2D eigenvalue weighted by Crippen LogP contribution is 2.22. The fourth-order valence-corrected chi connectivity index (χ4v) is 3.17. The Morgan fingerprint density at radius 1 is 0.824 bits per heavy atom. The summed E-state index contributed by atoms with van der Waals surface area (Å²) >= 11 is 0. The molecule has 0 aromatic heterocycles. The van der Waals surface area contributed by atoms with E-state index in [1.165, 1.54) is 0 Å². The summed E-state index contributed by atoms with van der Waals surface area (Å²) in [5.41, 5.74) is 7.85. The van der Waals surface area contributed by atoms with Crippen LogP contribution in [0.2, 0.25) is 0 Å². The third-order valence-electron chi connectivity index (χ3n) is 5.13. The lowest BCUT2D eigenvalue weighted by Crippen LogP contribution is -2.47. The van der Waals surface area contributed by atoms with E-state index in [0.717, 1.165) is 24.0 Å². The van der Waals surface area contributed by atoms with Crippen molar-refractivity contribution in [1.29, 1.82) is 0 Å². The maximum Gasteiger partial charge on any atom is 0.279 e. The summed E-state index contributed by atoms with van der Waals surface area (Å²) in [6, 6.07) is 23.8. The summed E-state index contributed by atoms with van der Waals surface area (Å²) in [5.74, 6) is -0.475. The molecule has 7 nitrogen and oxygen atoms in total. The fourth-order valence-electron chi connectivity index (χ4n) is 3.17. The van der Waals surface area contributed by atoms with Gasteiger partial charge in [-0.3, -0.25) is 25.2 Å². The van der Waals surface area contributed by atoms with Crippen LogP contribution in [-0.4, -0.2) is 23.8 Å². The number of rotatable bonds is 9. The Labute approximate surface area is 199 Å². The van der Waals surface area contributed by atoms with Gasteiger partial charge in [0.25, 0.3) is 11.8 Å². The van der Waals surface area contributed by atoms with Gasteiger partial charge in [-0.2, -0.15) is 0 Å². The van der Waals surface area contributed by atoms with Crippen molar-refractivity contribution >= 4 is 23.4 Å². The number of carbonyl (C=O) groups is 3. The van der Waals surface area contributed by atoms with Crippen LogP contribution in [0.25, 0.3) is 11.1 Å². The highest BCUT2D eigenvalue weighted by molar-refractivity contribution is 5.97. The van der Waals surface area contributed by atoms with Crippen LogP contribution in [0.3, 0.4) is 0 Å². The quantitative estimate of drug-likeness (QED) is 0.404. The number of anilines is 1. The molecule has 3 rings (SSSR count). The maximum absolute atomic E-state index is 12.3. The Hall–Kier alpha value is -4.13. The summed E-state index contributed by atoms with van der Waals surface area (Å²) in [6.45, 7) is 3.62. The van der Waals surface area contributed by atoms with Crippen LogP contribution in [0, 0.1) is 0 Å². The Balaban J connectivity index is 1.46. The van der Waals surface area contributed by atoms with Gasteiger partial charge < -0.3 is 10.1 Å². The third kappa shape index (κ3) is 7.20. The van der Waals surface area contributed by atoms with Crippen LogP contribution in [-0.2, 0) is 9.59 Å². The molecule has 0 saturated carbocycles. The van der Waals surface area contributed by atoms with Gasteiger partial charge in [-0.15, -0.1) is 0 Å². The molecule has 3 N–H and O–H groups in total. The summed E-state index contributed by atoms with van der Waals surface area (Å²) in [5, 5.41) is 2.79. The van der Waals surface area contributed by atoms with Crippen LogP contribution in [0.15, 0.2) is 78.9 Å². The molecule has 7 heteroatoms. The van der Waals surface area contributed by atoms with Crippen molar-refractivity contribution in [2.45, 2.75) is 39.2 Å². The topological polar surface area (TPSA) is 96.5 Å². The molecule has 3 aromatic rings. The molecule has 0 heterocycles. The second kappa shape index (κ2) is 12.2. The average Bonchev–Trinajstić information content (AvgIpc) is 2.87. The van der Waals surface area contributed by atoms with Crippen LogP contribution in [0.5, 0.6) is 5.75 Å². The van der Waals surface area contributed by atoms with Crippen molar-refractivity contribution < 1.29 is 19.1 Å². The number of hydrogen-bond acceptors (Lipinski definition) is 4. The zero-order valence-electron chi connectivity index (χ0n) is 19.3. The highest BCUT2D eigenvalue weighted by Gasteiger charge is 2.16. The van der Waals surface area contributed by atoms with E-state index in [0.29, 0.717) is 23.4 Å². The van der Waals surface area contributed by atoms with E-state index in [1.807, 2.05) is 49.4 Å². The van der Waals surface area contributed by atoms with Gasteiger partial charge >= 0.3 is 0 Å². The third-order valence-corrected chi connectivity index (χ3v) is 5.13. The van der Waals surface area contributed by atoms with Crippen LogP contribution < -0.4 is 20.9 Å². The first-order valence-corrected chi connectivity index (χ1v) is 11.3. The molecule has 3 aromatic carbocycles. The van der Waals surface area contributed by atoms with Crippen molar-refractivity contribution in [2.24, 2.45) is 0 Å². The Morgan fingerprint density at radius 3 is 2.12 bits per heavy atom. The SMILES string of the molecule is CCCCC(=O)Nc1ccc(C(=O)NNC(=O)C(C)Oc2ccc(-c3ccccc3)cc2)cc1. The Bertz CT molecular complexity index is 1100. The summed E-state index contributed by atoms with van der Waals surface area (Å²) in [7, 11) is 0. The maximum atomic E-state index is 12.3. The summed E-state index contributed by atoms with van der Waals surface area (Å²) in [4.78, 5) is 36.5. The number of unbranched alkanes of at least 4 members (excludes halogenated alkanes) is 1. The van der Waals surface area contributed by atoms with E-state index in [-0.39, 0.29) is 5.91 Å². The van der Waals surface area contributed by atoms with Gasteiger partial charge in [0.05, 0.1) is 0 Å². The first-order valence-electron chi connectivity index (χ1n) is 11.3. The van der Waals surface area contributed by atoms with Crippen molar-refractivity contribution in [3.05, 3.63) is 84.4 Å². The van der Waals surface area contributed by atoms with Crippen molar-refractivity contribution in [2.75, 3.05) is 5.32 Å². The molecule has 0 spiro atoms. The van der Waals surface area contributed by atoms with E-state index in [4.69, 9.17) is 4.74 Å². The van der Waals surface area contributed by atoms with Crippen LogP contribution >= 0.6 is 0 Å². The highest BCUT2D eigenvalue weighted by atomic mass is 16.5. The first-order chi connectivity index (χ1) is 16.5. The number of hydrazine groups is 1. The zero-order valence-corrected chi connectivity index (χ0v) is 19.3. The van der Waals surface area contributed by atoms with Crippen molar-refractivity contribution in [1.82, 2.24) is 10.9 Å². The molecule has 0 aliphatic carbocycles. The number of ether oxygens (including phenoxy) is 1. The van der Waals surface area contributed by atoms with Crippen LogP contribution in [0.4, 0.5) is 5.69 Å². The molecular weight excluding hydrogens is 430 g/mol. The predicted molar refractivity (Wildman–Crippen MR) is 132 cm³/mol. The lowest BCUT2D eigenvalue weighted by Gasteiger charge is -2.15. The van der Waals surface area contributed by atoms with Gasteiger partial charge in [-0.25, -0.2) is 0 Å². The lowest BCUT2D eigenvalue weighted by atomic mass is 10.1. The molecule has 0 aliphatic rings. The van der Waals surface area contributed by atoms with Gasteiger partial charge in [0.1, 0.15) is 5.75 Å². The van der Waals surface area contributed by atoms with Crippen LogP contribution in [0.1, 0.15) is 43.5 Å². The summed E-state index contributed by atoms with van der Waals surface area (Å²) in [6.07, 6.45) is 1.42. The van der Waals surface area contributed by atoms with Crippen molar-refractivity contribution in [3.8, 4) is 16.9 Å². The fraction of sp³-hybridized carbons (Fsp3) is 0.222. The normalized spacial score (nSPS) is 11.2. The standard InChI is InChI=1S/C27H29N3O4/c1-3-4-10-25(31)28-23-15-11-22(12-16-23)27(33)30-29-26(32)19(2)34-24-17-13-21(14-18-24)20-8-6-5-7-9-20/h5-9,11-19H,3-4,10H2,1-2H3,(H,28,31)(H,29,32)(H,30,33). The van der Waals surface area contributed by atoms with E-state index >= 15 is 0 Å². The molecule has 1 unspecified atom stereocenters. The minimum atomic E-state index is -0.816. The Morgan fingerprint density at radius 2 is 1.47 bits per heavy atom. The second-order valence-corrected chi connectivity index (χ2v) is 7.82. The van der Waals surface area contributed by atoms with Gasteiger partial charge in [0.2, 0.25) is 5.91 Å². The zero-order chi connectivity index (χ0) is 24.3. The molecule has 0 saturated heterocycles. The number of carbonyl (C=O) groups excluding carboxylic acids is 3.